The van der Waals surface area contributed by atoms with Crippen molar-refractivity contribution in [3.8, 4) is 0 Å². The summed E-state index contributed by atoms with van der Waals surface area (Å²) >= 11 is 0. The molecule has 4 heteroatoms. The summed E-state index contributed by atoms with van der Waals surface area (Å²) in [5.41, 5.74) is 0. The normalized spacial score (nSPS) is 23.8. The van der Waals surface area contributed by atoms with E-state index in [2.05, 4.69) is 28.9 Å². The molecule has 0 radical (unpaired) electrons. The second-order valence-corrected chi connectivity index (χ2v) is 4.34. The second-order valence-electron chi connectivity index (χ2n) is 4.34. The molecule has 0 aliphatic carbocycles. The van der Waals surface area contributed by atoms with Crippen molar-refractivity contribution in [3.05, 3.63) is 12.4 Å². The Balaban J connectivity index is 2.03. The highest BCUT2D eigenvalue weighted by Gasteiger charge is 2.23. The number of carbonyl (C=O) groups is 1. The zero-order valence-electron chi connectivity index (χ0n) is 10.2. The summed E-state index contributed by atoms with van der Waals surface area (Å²) < 4.78 is 4.59. The topological polar surface area (TPSA) is 50.4 Å². The minimum Gasteiger partial charge on any atom is -0.469 e. The average Bonchev–Trinajstić information content (AvgIpc) is 2.56. The lowest BCUT2D eigenvalue weighted by molar-refractivity contribution is -0.140. The predicted molar refractivity (Wildman–Crippen MR) is 63.8 cm³/mol. The molecule has 0 saturated carbocycles. The monoisotopic (exact) mass is 226 g/mol. The number of nitrogens with one attached hydrogen (secondary N) is 2. The van der Waals surface area contributed by atoms with Gasteiger partial charge in [-0.3, -0.25) is 4.79 Å². The second kappa shape index (κ2) is 6.40. The first kappa shape index (κ1) is 12.9. The smallest absolute Gasteiger partial charge is 0.305 e. The minimum atomic E-state index is -0.109. The Morgan fingerprint density at radius 3 is 2.69 bits per heavy atom. The third kappa shape index (κ3) is 4.13. The van der Waals surface area contributed by atoms with Crippen molar-refractivity contribution in [1.29, 1.82) is 0 Å². The van der Waals surface area contributed by atoms with Crippen LogP contribution in [0, 0.1) is 0 Å². The molecule has 1 rings (SSSR count). The van der Waals surface area contributed by atoms with Crippen LogP contribution in [0.15, 0.2) is 12.4 Å². The molecule has 4 nitrogen and oxygen atoms in total. The van der Waals surface area contributed by atoms with E-state index in [4.69, 9.17) is 0 Å². The number of methoxy groups -OCH3 is 1. The summed E-state index contributed by atoms with van der Waals surface area (Å²) in [6, 6.07) is 0.929. The van der Waals surface area contributed by atoms with Gasteiger partial charge in [-0.1, -0.05) is 19.4 Å². The van der Waals surface area contributed by atoms with Crippen molar-refractivity contribution in [3.63, 3.8) is 0 Å². The molecule has 1 saturated heterocycles. The van der Waals surface area contributed by atoms with Crippen LogP contribution >= 0.6 is 0 Å². The SMILES string of the molecule is C=C1N[C@@H](C)[C@@H](CCCCCC(=O)OC)N1. The fraction of sp³-hybridized carbons (Fsp3) is 0.750. The van der Waals surface area contributed by atoms with Crippen LogP contribution in [0.1, 0.15) is 39.0 Å². The molecule has 0 unspecified atom stereocenters. The highest BCUT2D eigenvalue weighted by atomic mass is 16.5. The van der Waals surface area contributed by atoms with Gasteiger partial charge in [0.05, 0.1) is 12.9 Å². The number of rotatable bonds is 6. The van der Waals surface area contributed by atoms with Crippen molar-refractivity contribution >= 4 is 5.97 Å². The molecule has 0 spiro atoms. The Kier molecular flexibility index (Phi) is 5.15. The molecule has 0 amide bonds. The number of unbranched alkanes of at least 4 members (excludes halogenated alkanes) is 2. The molecule has 1 aliphatic heterocycles. The lowest BCUT2D eigenvalue weighted by atomic mass is 10.0. The summed E-state index contributed by atoms with van der Waals surface area (Å²) in [5.74, 6) is 0.814. The fourth-order valence-corrected chi connectivity index (χ4v) is 2.00. The van der Waals surface area contributed by atoms with Gasteiger partial charge in [0, 0.05) is 18.5 Å². The maximum absolute atomic E-state index is 10.9. The molecule has 0 bridgehead atoms. The van der Waals surface area contributed by atoms with Gasteiger partial charge in [-0.2, -0.15) is 0 Å². The molecule has 16 heavy (non-hydrogen) atoms. The van der Waals surface area contributed by atoms with Crippen LogP contribution < -0.4 is 10.6 Å². The minimum absolute atomic E-state index is 0.109. The molecule has 1 fully saturated rings. The van der Waals surface area contributed by atoms with Gasteiger partial charge in [0.25, 0.3) is 0 Å². The van der Waals surface area contributed by atoms with Gasteiger partial charge in [0.15, 0.2) is 0 Å². The van der Waals surface area contributed by atoms with Gasteiger partial charge < -0.3 is 15.4 Å². The van der Waals surface area contributed by atoms with Crippen LogP contribution in [0.3, 0.4) is 0 Å². The van der Waals surface area contributed by atoms with Gasteiger partial charge in [0.1, 0.15) is 0 Å². The molecular weight excluding hydrogens is 204 g/mol. The summed E-state index contributed by atoms with van der Waals surface area (Å²) in [5, 5.41) is 6.57. The van der Waals surface area contributed by atoms with Gasteiger partial charge >= 0.3 is 5.97 Å². The summed E-state index contributed by atoms with van der Waals surface area (Å²) in [6.07, 6.45) is 4.78. The Labute approximate surface area is 97.4 Å². The van der Waals surface area contributed by atoms with E-state index in [1.165, 1.54) is 7.11 Å². The average molecular weight is 226 g/mol. The molecule has 1 aliphatic rings. The maximum Gasteiger partial charge on any atom is 0.305 e. The van der Waals surface area contributed by atoms with Crippen LogP contribution in [0.5, 0.6) is 0 Å². The third-order valence-corrected chi connectivity index (χ3v) is 2.99. The molecule has 0 aromatic rings. The Bertz CT molecular complexity index is 253. The van der Waals surface area contributed by atoms with Crippen LogP contribution in [-0.2, 0) is 9.53 Å². The van der Waals surface area contributed by atoms with E-state index in [1.54, 1.807) is 0 Å². The highest BCUT2D eigenvalue weighted by Crippen LogP contribution is 2.13. The number of ether oxygens (including phenoxy) is 1. The van der Waals surface area contributed by atoms with Gasteiger partial charge in [-0.25, -0.2) is 0 Å². The van der Waals surface area contributed by atoms with Crippen molar-refractivity contribution < 1.29 is 9.53 Å². The van der Waals surface area contributed by atoms with E-state index in [0.717, 1.165) is 31.5 Å². The van der Waals surface area contributed by atoms with Crippen LogP contribution in [-0.4, -0.2) is 25.2 Å². The van der Waals surface area contributed by atoms with Gasteiger partial charge in [-0.05, 0) is 19.8 Å². The van der Waals surface area contributed by atoms with Crippen LogP contribution in [0.25, 0.3) is 0 Å². The fourth-order valence-electron chi connectivity index (χ4n) is 2.00. The first-order chi connectivity index (χ1) is 7.63. The summed E-state index contributed by atoms with van der Waals surface area (Å²) in [6.45, 7) is 6.01. The van der Waals surface area contributed by atoms with Crippen molar-refractivity contribution in [2.24, 2.45) is 0 Å². The van der Waals surface area contributed by atoms with E-state index in [1.807, 2.05) is 0 Å². The molecule has 0 aromatic carbocycles. The Hall–Kier alpha value is -1.19. The van der Waals surface area contributed by atoms with Crippen LogP contribution in [0.4, 0.5) is 0 Å². The van der Waals surface area contributed by atoms with E-state index >= 15 is 0 Å². The van der Waals surface area contributed by atoms with E-state index in [0.29, 0.717) is 18.5 Å². The maximum atomic E-state index is 10.9. The number of esters is 1. The number of hydrogen-bond donors (Lipinski definition) is 2. The zero-order chi connectivity index (χ0) is 12.0. The quantitative estimate of drug-likeness (QED) is 0.533. The molecule has 92 valence electrons. The largest absolute Gasteiger partial charge is 0.469 e. The molecule has 0 aromatic heterocycles. The first-order valence-electron chi connectivity index (χ1n) is 5.92. The predicted octanol–water partition coefficient (Wildman–Crippen LogP) is 1.53. The Morgan fingerprint density at radius 1 is 1.38 bits per heavy atom. The third-order valence-electron chi connectivity index (χ3n) is 2.99. The van der Waals surface area contributed by atoms with E-state index in [9.17, 15) is 4.79 Å². The number of carbonyl (C=O) groups excluding carboxylic acids is 1. The molecule has 1 heterocycles. The van der Waals surface area contributed by atoms with Gasteiger partial charge in [-0.15, -0.1) is 0 Å². The highest BCUT2D eigenvalue weighted by molar-refractivity contribution is 5.68. The standard InChI is InChI=1S/C12H22N2O2/c1-9-11(14-10(2)13-9)7-5-4-6-8-12(15)16-3/h9,11,13-14H,2,4-8H2,1,3H3/t9-,11+/m0/s1. The number of hydrogen-bond acceptors (Lipinski definition) is 4. The van der Waals surface area contributed by atoms with Crippen molar-refractivity contribution in [2.75, 3.05) is 7.11 Å². The molecule has 2 N–H and O–H groups in total. The lowest BCUT2D eigenvalue weighted by Crippen LogP contribution is -2.30. The van der Waals surface area contributed by atoms with Gasteiger partial charge in [0.2, 0.25) is 0 Å². The van der Waals surface area contributed by atoms with Crippen LogP contribution in [0.2, 0.25) is 0 Å². The Morgan fingerprint density at radius 2 is 2.12 bits per heavy atom. The molecular formula is C12H22N2O2. The summed E-state index contributed by atoms with van der Waals surface area (Å²) in [7, 11) is 1.43. The first-order valence-corrected chi connectivity index (χ1v) is 5.92. The van der Waals surface area contributed by atoms with E-state index in [-0.39, 0.29) is 5.97 Å². The summed E-state index contributed by atoms with van der Waals surface area (Å²) in [4.78, 5) is 10.9. The zero-order valence-corrected chi connectivity index (χ0v) is 10.2. The van der Waals surface area contributed by atoms with E-state index < -0.39 is 0 Å². The lowest BCUT2D eigenvalue weighted by Gasteiger charge is -2.14. The van der Waals surface area contributed by atoms with Crippen molar-refractivity contribution in [1.82, 2.24) is 10.6 Å². The molecule has 2 atom stereocenters. The van der Waals surface area contributed by atoms with Crippen molar-refractivity contribution in [2.45, 2.75) is 51.1 Å².